The molecule has 0 aliphatic carbocycles. The molecule has 0 amide bonds. The number of carbonyl (C=O) groups is 1. The van der Waals surface area contributed by atoms with Crippen LogP contribution in [0.2, 0.25) is 0 Å². The second kappa shape index (κ2) is 5.22. The first kappa shape index (κ1) is 10.5. The van der Waals surface area contributed by atoms with Crippen LogP contribution in [0.15, 0.2) is 42.1 Å². The fourth-order valence-corrected chi connectivity index (χ4v) is 1.18. The third kappa shape index (κ3) is 3.44. The molecule has 0 bridgehead atoms. The van der Waals surface area contributed by atoms with Gasteiger partial charge in [-0.05, 0) is 25.5 Å². The molecule has 0 fully saturated rings. The van der Waals surface area contributed by atoms with E-state index in [1.807, 2.05) is 37.3 Å². The summed E-state index contributed by atoms with van der Waals surface area (Å²) in [5.41, 5.74) is 1.96. The number of rotatable bonds is 4. The van der Waals surface area contributed by atoms with Gasteiger partial charge in [0.2, 0.25) is 0 Å². The van der Waals surface area contributed by atoms with Crippen molar-refractivity contribution >= 4 is 11.5 Å². The summed E-state index contributed by atoms with van der Waals surface area (Å²) < 4.78 is 0. The van der Waals surface area contributed by atoms with Gasteiger partial charge in [0.1, 0.15) is 0 Å². The second-order valence-corrected chi connectivity index (χ2v) is 3.12. The standard InChI is InChI=1S/C12H15NO/c1-3-11(9-10(2)14)13-12-7-5-4-6-8-12/h4-9,13H,3H2,1-2H3. The minimum absolute atomic E-state index is 0.0743. The Morgan fingerprint density at radius 3 is 2.50 bits per heavy atom. The van der Waals surface area contributed by atoms with Crippen molar-refractivity contribution in [1.29, 1.82) is 0 Å². The molecule has 0 aromatic heterocycles. The van der Waals surface area contributed by atoms with E-state index in [-0.39, 0.29) is 5.78 Å². The summed E-state index contributed by atoms with van der Waals surface area (Å²) in [5.74, 6) is 0.0743. The van der Waals surface area contributed by atoms with Crippen LogP contribution in [0.3, 0.4) is 0 Å². The number of anilines is 1. The molecule has 0 heterocycles. The largest absolute Gasteiger partial charge is 0.359 e. The van der Waals surface area contributed by atoms with Crippen molar-refractivity contribution in [2.75, 3.05) is 5.32 Å². The molecule has 1 aromatic rings. The van der Waals surface area contributed by atoms with Crippen molar-refractivity contribution in [3.8, 4) is 0 Å². The van der Waals surface area contributed by atoms with Gasteiger partial charge in [-0.2, -0.15) is 0 Å². The highest BCUT2D eigenvalue weighted by Gasteiger charge is 1.96. The number of para-hydroxylation sites is 1. The quantitative estimate of drug-likeness (QED) is 0.738. The highest BCUT2D eigenvalue weighted by Crippen LogP contribution is 2.10. The minimum Gasteiger partial charge on any atom is -0.359 e. The third-order valence-corrected chi connectivity index (χ3v) is 1.84. The van der Waals surface area contributed by atoms with Crippen molar-refractivity contribution < 1.29 is 4.79 Å². The lowest BCUT2D eigenvalue weighted by molar-refractivity contribution is -0.112. The predicted molar refractivity (Wildman–Crippen MR) is 59.1 cm³/mol. The van der Waals surface area contributed by atoms with E-state index in [0.717, 1.165) is 17.8 Å². The molecule has 74 valence electrons. The first-order chi connectivity index (χ1) is 6.72. The van der Waals surface area contributed by atoms with Crippen molar-refractivity contribution in [1.82, 2.24) is 0 Å². The maximum absolute atomic E-state index is 10.9. The Hall–Kier alpha value is -1.57. The van der Waals surface area contributed by atoms with E-state index < -0.39 is 0 Å². The number of benzene rings is 1. The highest BCUT2D eigenvalue weighted by molar-refractivity contribution is 5.88. The van der Waals surface area contributed by atoms with Crippen LogP contribution in [-0.2, 0) is 4.79 Å². The molecule has 2 heteroatoms. The minimum atomic E-state index is 0.0743. The van der Waals surface area contributed by atoms with Crippen LogP contribution in [-0.4, -0.2) is 5.78 Å². The molecule has 0 spiro atoms. The first-order valence-corrected chi connectivity index (χ1v) is 4.75. The molecule has 0 saturated carbocycles. The molecule has 0 atom stereocenters. The SMILES string of the molecule is CCC(=CC(C)=O)Nc1ccccc1. The smallest absolute Gasteiger partial charge is 0.154 e. The average molecular weight is 189 g/mol. The Morgan fingerprint density at radius 1 is 1.36 bits per heavy atom. The summed E-state index contributed by atoms with van der Waals surface area (Å²) in [5, 5.41) is 3.20. The van der Waals surface area contributed by atoms with Crippen LogP contribution >= 0.6 is 0 Å². The molecular formula is C12H15NO. The maximum Gasteiger partial charge on any atom is 0.154 e. The number of carbonyl (C=O) groups excluding carboxylic acids is 1. The predicted octanol–water partition coefficient (Wildman–Crippen LogP) is 2.98. The zero-order valence-electron chi connectivity index (χ0n) is 8.58. The zero-order chi connectivity index (χ0) is 10.4. The van der Waals surface area contributed by atoms with Crippen LogP contribution in [0.4, 0.5) is 5.69 Å². The van der Waals surface area contributed by atoms with Crippen LogP contribution in [0.5, 0.6) is 0 Å². The lowest BCUT2D eigenvalue weighted by atomic mass is 10.2. The van der Waals surface area contributed by atoms with Crippen LogP contribution in [0.1, 0.15) is 20.3 Å². The summed E-state index contributed by atoms with van der Waals surface area (Å²) in [6.07, 6.45) is 2.46. The number of hydrogen-bond donors (Lipinski definition) is 1. The van der Waals surface area contributed by atoms with Gasteiger partial charge in [-0.3, -0.25) is 4.79 Å². The Morgan fingerprint density at radius 2 is 2.00 bits per heavy atom. The van der Waals surface area contributed by atoms with E-state index in [0.29, 0.717) is 0 Å². The lowest BCUT2D eigenvalue weighted by Gasteiger charge is -2.07. The van der Waals surface area contributed by atoms with Gasteiger partial charge in [-0.1, -0.05) is 25.1 Å². The molecule has 0 aliphatic heterocycles. The van der Waals surface area contributed by atoms with Gasteiger partial charge < -0.3 is 5.32 Å². The van der Waals surface area contributed by atoms with E-state index >= 15 is 0 Å². The van der Waals surface area contributed by atoms with Crippen LogP contribution in [0, 0.1) is 0 Å². The second-order valence-electron chi connectivity index (χ2n) is 3.12. The normalized spacial score (nSPS) is 11.1. The van der Waals surface area contributed by atoms with E-state index in [4.69, 9.17) is 0 Å². The Balaban J connectivity index is 2.71. The molecule has 0 saturated heterocycles. The Labute approximate surface area is 84.6 Å². The van der Waals surface area contributed by atoms with Crippen LogP contribution < -0.4 is 5.32 Å². The molecule has 0 unspecified atom stereocenters. The summed E-state index contributed by atoms with van der Waals surface area (Å²) in [6, 6.07) is 9.84. The summed E-state index contributed by atoms with van der Waals surface area (Å²) in [4.78, 5) is 10.9. The number of nitrogens with one attached hydrogen (secondary N) is 1. The number of allylic oxidation sites excluding steroid dienone is 2. The average Bonchev–Trinajstić information content (AvgIpc) is 2.17. The fourth-order valence-electron chi connectivity index (χ4n) is 1.18. The molecule has 1 N–H and O–H groups in total. The zero-order valence-corrected chi connectivity index (χ0v) is 8.58. The Bertz CT molecular complexity index is 327. The van der Waals surface area contributed by atoms with Crippen LogP contribution in [0.25, 0.3) is 0 Å². The van der Waals surface area contributed by atoms with E-state index in [9.17, 15) is 4.79 Å². The number of hydrogen-bond acceptors (Lipinski definition) is 2. The van der Waals surface area contributed by atoms with E-state index in [1.54, 1.807) is 13.0 Å². The maximum atomic E-state index is 10.9. The van der Waals surface area contributed by atoms with Gasteiger partial charge in [0.05, 0.1) is 0 Å². The van der Waals surface area contributed by atoms with Gasteiger partial charge in [-0.15, -0.1) is 0 Å². The van der Waals surface area contributed by atoms with Gasteiger partial charge in [-0.25, -0.2) is 0 Å². The summed E-state index contributed by atoms with van der Waals surface area (Å²) in [7, 11) is 0. The fraction of sp³-hybridized carbons (Fsp3) is 0.250. The van der Waals surface area contributed by atoms with Gasteiger partial charge >= 0.3 is 0 Å². The van der Waals surface area contributed by atoms with Crippen molar-refractivity contribution in [2.45, 2.75) is 20.3 Å². The molecule has 2 nitrogen and oxygen atoms in total. The van der Waals surface area contributed by atoms with E-state index in [1.165, 1.54) is 0 Å². The molecule has 1 rings (SSSR count). The third-order valence-electron chi connectivity index (χ3n) is 1.84. The van der Waals surface area contributed by atoms with Crippen molar-refractivity contribution in [2.24, 2.45) is 0 Å². The highest BCUT2D eigenvalue weighted by atomic mass is 16.1. The summed E-state index contributed by atoms with van der Waals surface area (Å²) >= 11 is 0. The topological polar surface area (TPSA) is 29.1 Å². The van der Waals surface area contributed by atoms with Gasteiger partial charge in [0.15, 0.2) is 5.78 Å². The number of ketones is 1. The van der Waals surface area contributed by atoms with E-state index in [2.05, 4.69) is 5.32 Å². The van der Waals surface area contributed by atoms with Gasteiger partial charge in [0.25, 0.3) is 0 Å². The molecule has 0 aliphatic rings. The Kier molecular flexibility index (Phi) is 3.92. The monoisotopic (exact) mass is 189 g/mol. The van der Waals surface area contributed by atoms with Crippen molar-refractivity contribution in [3.63, 3.8) is 0 Å². The molecule has 14 heavy (non-hydrogen) atoms. The lowest BCUT2D eigenvalue weighted by Crippen LogP contribution is -2.00. The molecule has 0 radical (unpaired) electrons. The first-order valence-electron chi connectivity index (χ1n) is 4.75. The van der Waals surface area contributed by atoms with Gasteiger partial charge in [0, 0.05) is 17.5 Å². The molecule has 1 aromatic carbocycles. The van der Waals surface area contributed by atoms with Crippen molar-refractivity contribution in [3.05, 3.63) is 42.1 Å². The molecular weight excluding hydrogens is 174 g/mol. The summed E-state index contributed by atoms with van der Waals surface area (Å²) in [6.45, 7) is 3.58.